The fourth-order valence-electron chi connectivity index (χ4n) is 2.12. The summed E-state index contributed by atoms with van der Waals surface area (Å²) < 4.78 is 10.3. The molecule has 2 heterocycles. The first-order chi connectivity index (χ1) is 10.1. The predicted molar refractivity (Wildman–Crippen MR) is 71.8 cm³/mol. The number of nitrogens with one attached hydrogen (secondary N) is 1. The molecule has 2 N–H and O–H groups in total. The third kappa shape index (κ3) is 4.02. The third-order valence-corrected chi connectivity index (χ3v) is 3.23. The molecule has 1 unspecified atom stereocenters. The number of hydrogen-bond acceptors (Lipinski definition) is 6. The monoisotopic (exact) mass is 297 g/mol. The summed E-state index contributed by atoms with van der Waals surface area (Å²) in [4.78, 5) is 24.8. The summed E-state index contributed by atoms with van der Waals surface area (Å²) in [5, 5.41) is 15.1. The van der Waals surface area contributed by atoms with Crippen molar-refractivity contribution < 1.29 is 24.0 Å². The van der Waals surface area contributed by atoms with Crippen molar-refractivity contribution in [2.45, 2.75) is 25.9 Å². The number of ether oxygens (including phenoxy) is 1. The lowest BCUT2D eigenvalue weighted by molar-refractivity contribution is -0.133. The van der Waals surface area contributed by atoms with E-state index < -0.39 is 12.0 Å². The summed E-state index contributed by atoms with van der Waals surface area (Å²) in [6, 6.07) is 0.974. The van der Waals surface area contributed by atoms with Crippen molar-refractivity contribution >= 4 is 11.9 Å². The number of carboxylic acid groups (broad SMARTS) is 1. The summed E-state index contributed by atoms with van der Waals surface area (Å²) in [7, 11) is 0. The zero-order valence-electron chi connectivity index (χ0n) is 11.9. The van der Waals surface area contributed by atoms with Crippen LogP contribution in [-0.2, 0) is 16.1 Å². The lowest BCUT2D eigenvalue weighted by Gasteiger charge is -2.33. The Morgan fingerprint density at radius 1 is 1.57 bits per heavy atom. The van der Waals surface area contributed by atoms with Crippen molar-refractivity contribution in [1.29, 1.82) is 0 Å². The van der Waals surface area contributed by atoms with Crippen molar-refractivity contribution in [2.24, 2.45) is 0 Å². The molecule has 0 aromatic carbocycles. The van der Waals surface area contributed by atoms with Crippen molar-refractivity contribution in [3.05, 3.63) is 17.5 Å². The van der Waals surface area contributed by atoms with Gasteiger partial charge in [-0.05, 0) is 6.42 Å². The summed E-state index contributed by atoms with van der Waals surface area (Å²) in [6.45, 7) is 4.35. The van der Waals surface area contributed by atoms with E-state index in [1.807, 2.05) is 11.8 Å². The van der Waals surface area contributed by atoms with Gasteiger partial charge < -0.3 is 19.7 Å². The van der Waals surface area contributed by atoms with Crippen LogP contribution in [0.3, 0.4) is 0 Å². The molecular formula is C13H19N3O5. The fourth-order valence-corrected chi connectivity index (χ4v) is 2.12. The van der Waals surface area contributed by atoms with E-state index in [0.29, 0.717) is 38.6 Å². The molecule has 21 heavy (non-hydrogen) atoms. The van der Waals surface area contributed by atoms with E-state index in [0.717, 1.165) is 6.42 Å². The number of rotatable bonds is 6. The van der Waals surface area contributed by atoms with Gasteiger partial charge in [-0.15, -0.1) is 0 Å². The molecule has 1 aliphatic heterocycles. The largest absolute Gasteiger partial charge is 0.476 e. The highest BCUT2D eigenvalue weighted by Gasteiger charge is 2.30. The third-order valence-electron chi connectivity index (χ3n) is 3.23. The van der Waals surface area contributed by atoms with Crippen molar-refractivity contribution in [3.8, 4) is 0 Å². The minimum atomic E-state index is -1.13. The summed E-state index contributed by atoms with van der Waals surface area (Å²) >= 11 is 0. The number of carboxylic acids is 1. The van der Waals surface area contributed by atoms with Gasteiger partial charge in [0.25, 0.3) is 0 Å². The second kappa shape index (κ2) is 7.19. The number of carbonyl (C=O) groups is 2. The van der Waals surface area contributed by atoms with Crippen LogP contribution in [0.4, 0.5) is 0 Å². The Bertz CT molecular complexity index is 502. The average molecular weight is 297 g/mol. The number of hydrogen-bond donors (Lipinski definition) is 2. The Labute approximate surface area is 122 Å². The molecule has 8 nitrogen and oxygen atoms in total. The molecule has 8 heteroatoms. The number of nitrogens with zero attached hydrogens (tertiary/aromatic N) is 2. The normalized spacial score (nSPS) is 19.4. The van der Waals surface area contributed by atoms with Crippen LogP contribution in [0.25, 0.3) is 0 Å². The van der Waals surface area contributed by atoms with E-state index in [9.17, 15) is 9.59 Å². The Morgan fingerprint density at radius 2 is 2.38 bits per heavy atom. The lowest BCUT2D eigenvalue weighted by atomic mass is 10.2. The quantitative estimate of drug-likeness (QED) is 0.767. The molecule has 0 radical (unpaired) electrons. The molecule has 1 aliphatic rings. The van der Waals surface area contributed by atoms with Crippen molar-refractivity contribution in [2.75, 3.05) is 26.3 Å². The fraction of sp³-hybridized carbons (Fsp3) is 0.615. The average Bonchev–Trinajstić information content (AvgIpc) is 2.94. The van der Waals surface area contributed by atoms with E-state index in [2.05, 4.69) is 10.5 Å². The van der Waals surface area contributed by atoms with Crippen LogP contribution in [0.1, 0.15) is 29.6 Å². The number of aromatic nitrogens is 1. The lowest BCUT2D eigenvalue weighted by Crippen LogP contribution is -2.53. The molecule has 0 aliphatic carbocycles. The minimum Gasteiger partial charge on any atom is -0.476 e. The molecule has 116 valence electrons. The predicted octanol–water partition coefficient (Wildman–Crippen LogP) is 0.0998. The van der Waals surface area contributed by atoms with Gasteiger partial charge in [-0.3, -0.25) is 9.69 Å². The van der Waals surface area contributed by atoms with E-state index in [1.165, 1.54) is 6.07 Å². The summed E-state index contributed by atoms with van der Waals surface area (Å²) in [5.41, 5.74) is -0.134. The van der Waals surface area contributed by atoms with Crippen molar-refractivity contribution in [3.63, 3.8) is 0 Å². The Morgan fingerprint density at radius 3 is 3.05 bits per heavy atom. The molecule has 1 aromatic rings. The highest BCUT2D eigenvalue weighted by atomic mass is 16.5. The van der Waals surface area contributed by atoms with Gasteiger partial charge in [0.2, 0.25) is 5.91 Å². The molecule has 0 bridgehead atoms. The zero-order valence-corrected chi connectivity index (χ0v) is 11.9. The van der Waals surface area contributed by atoms with Gasteiger partial charge in [-0.1, -0.05) is 12.1 Å². The molecule has 0 spiro atoms. The number of amides is 1. The molecule has 2 rings (SSSR count). The second-order valence-corrected chi connectivity index (χ2v) is 4.84. The highest BCUT2D eigenvalue weighted by molar-refractivity contribution is 5.85. The first-order valence-electron chi connectivity index (χ1n) is 6.90. The van der Waals surface area contributed by atoms with Crippen LogP contribution >= 0.6 is 0 Å². The molecular weight excluding hydrogens is 278 g/mol. The molecule has 1 fully saturated rings. The van der Waals surface area contributed by atoms with Gasteiger partial charge in [-0.25, -0.2) is 4.79 Å². The van der Waals surface area contributed by atoms with Crippen LogP contribution in [0, 0.1) is 0 Å². The smallest absolute Gasteiger partial charge is 0.358 e. The van der Waals surface area contributed by atoms with Crippen LogP contribution in [0.15, 0.2) is 10.6 Å². The molecule has 1 saturated heterocycles. The first-order valence-corrected chi connectivity index (χ1v) is 6.90. The van der Waals surface area contributed by atoms with Crippen molar-refractivity contribution in [1.82, 2.24) is 15.4 Å². The molecule has 1 amide bonds. The maximum atomic E-state index is 12.1. The van der Waals surface area contributed by atoms with Gasteiger partial charge in [0.15, 0.2) is 11.5 Å². The molecule has 1 atom stereocenters. The highest BCUT2D eigenvalue weighted by Crippen LogP contribution is 2.14. The van der Waals surface area contributed by atoms with Gasteiger partial charge in [0, 0.05) is 19.2 Å². The van der Waals surface area contributed by atoms with E-state index in [-0.39, 0.29) is 11.6 Å². The number of morpholine rings is 1. The Hall–Kier alpha value is -1.93. The van der Waals surface area contributed by atoms with Gasteiger partial charge in [0.05, 0.1) is 19.8 Å². The van der Waals surface area contributed by atoms with E-state index in [1.54, 1.807) is 0 Å². The van der Waals surface area contributed by atoms with E-state index >= 15 is 0 Å². The zero-order chi connectivity index (χ0) is 15.2. The second-order valence-electron chi connectivity index (χ2n) is 4.84. The first kappa shape index (κ1) is 15.5. The van der Waals surface area contributed by atoms with Crippen LogP contribution in [-0.4, -0.2) is 59.4 Å². The SMILES string of the molecule is CCCNC(=O)C1COCCN1Cc1cc(C(=O)O)no1. The Kier molecular flexibility index (Phi) is 5.29. The minimum absolute atomic E-state index is 0.0884. The van der Waals surface area contributed by atoms with Gasteiger partial charge >= 0.3 is 5.97 Å². The summed E-state index contributed by atoms with van der Waals surface area (Å²) in [6.07, 6.45) is 0.864. The molecule has 0 saturated carbocycles. The van der Waals surface area contributed by atoms with Gasteiger partial charge in [-0.2, -0.15) is 0 Å². The Balaban J connectivity index is 2.00. The maximum absolute atomic E-state index is 12.1. The van der Waals surface area contributed by atoms with Crippen LogP contribution in [0.5, 0.6) is 0 Å². The van der Waals surface area contributed by atoms with E-state index in [4.69, 9.17) is 14.4 Å². The number of carbonyl (C=O) groups excluding carboxylic acids is 1. The van der Waals surface area contributed by atoms with Crippen LogP contribution < -0.4 is 5.32 Å². The topological polar surface area (TPSA) is 105 Å². The standard InChI is InChI=1S/C13H19N3O5/c1-2-3-14-12(17)11-8-20-5-4-16(11)7-9-6-10(13(18)19)15-21-9/h6,11H,2-5,7-8H2,1H3,(H,14,17)(H,18,19). The molecule has 1 aromatic heterocycles. The van der Waals surface area contributed by atoms with Gasteiger partial charge in [0.1, 0.15) is 6.04 Å². The summed E-state index contributed by atoms with van der Waals surface area (Å²) in [5.74, 6) is -0.804. The van der Waals surface area contributed by atoms with Crippen LogP contribution in [0.2, 0.25) is 0 Å². The number of aromatic carboxylic acids is 1. The maximum Gasteiger partial charge on any atom is 0.358 e.